The molecule has 3 aromatic heterocycles. The van der Waals surface area contributed by atoms with Crippen molar-refractivity contribution in [2.75, 3.05) is 25.1 Å². The minimum Gasteiger partial charge on any atom is -0.489 e. The summed E-state index contributed by atoms with van der Waals surface area (Å²) in [5, 5.41) is 6.85. The van der Waals surface area contributed by atoms with E-state index < -0.39 is 6.67 Å². The number of aryl methyl sites for hydroxylation is 1. The molecule has 0 unspecified atom stereocenters. The van der Waals surface area contributed by atoms with Crippen molar-refractivity contribution in [2.24, 2.45) is 7.05 Å². The number of fused-ring (bicyclic) bond motifs is 3. The molecular formula is C18H18FN5O2. The summed E-state index contributed by atoms with van der Waals surface area (Å²) in [6, 6.07) is 7.17. The molecule has 8 heteroatoms. The number of alkyl halides is 1. The van der Waals surface area contributed by atoms with Crippen LogP contribution in [0.25, 0.3) is 11.0 Å². The lowest BCUT2D eigenvalue weighted by atomic mass is 10.1. The van der Waals surface area contributed by atoms with E-state index in [-0.39, 0.29) is 12.5 Å². The smallest absolute Gasteiger partial charge is 0.253 e. The first-order valence-corrected chi connectivity index (χ1v) is 8.35. The van der Waals surface area contributed by atoms with Crippen molar-refractivity contribution < 1.29 is 13.9 Å². The van der Waals surface area contributed by atoms with Crippen LogP contribution in [0.15, 0.2) is 30.5 Å². The third kappa shape index (κ3) is 2.83. The number of hydrogen-bond donors (Lipinski definition) is 2. The normalized spacial score (nSPS) is 13.4. The number of carbonyl (C=O) groups excluding carboxylic acids is 1. The maximum Gasteiger partial charge on any atom is 0.253 e. The highest BCUT2D eigenvalue weighted by Crippen LogP contribution is 2.28. The Labute approximate surface area is 149 Å². The van der Waals surface area contributed by atoms with Crippen molar-refractivity contribution in [1.29, 1.82) is 0 Å². The predicted molar refractivity (Wildman–Crippen MR) is 95.7 cm³/mol. The number of carbonyl (C=O) groups is 1. The van der Waals surface area contributed by atoms with E-state index in [2.05, 4.69) is 20.6 Å². The quantitative estimate of drug-likeness (QED) is 0.734. The van der Waals surface area contributed by atoms with E-state index in [4.69, 9.17) is 4.74 Å². The molecular weight excluding hydrogens is 337 g/mol. The number of hydrogen-bond acceptors (Lipinski definition) is 5. The summed E-state index contributed by atoms with van der Waals surface area (Å²) in [4.78, 5) is 21.1. The van der Waals surface area contributed by atoms with Gasteiger partial charge in [0, 0.05) is 31.1 Å². The van der Waals surface area contributed by atoms with Crippen LogP contribution in [0.3, 0.4) is 0 Å². The number of halogens is 1. The molecule has 0 atom stereocenters. The van der Waals surface area contributed by atoms with Gasteiger partial charge in [0.1, 0.15) is 36.3 Å². The molecule has 134 valence electrons. The molecule has 0 aliphatic carbocycles. The van der Waals surface area contributed by atoms with Crippen LogP contribution in [-0.4, -0.2) is 40.3 Å². The largest absolute Gasteiger partial charge is 0.489 e. The lowest BCUT2D eigenvalue weighted by Crippen LogP contribution is -2.32. The zero-order chi connectivity index (χ0) is 18.1. The molecule has 1 aliphatic rings. The highest BCUT2D eigenvalue weighted by atomic mass is 19.1. The van der Waals surface area contributed by atoms with Gasteiger partial charge in [0.15, 0.2) is 0 Å². The molecule has 3 aromatic rings. The fourth-order valence-corrected chi connectivity index (χ4v) is 3.18. The van der Waals surface area contributed by atoms with Crippen LogP contribution in [0.2, 0.25) is 0 Å². The van der Waals surface area contributed by atoms with Crippen molar-refractivity contribution in [3.63, 3.8) is 0 Å². The number of nitrogens with zero attached hydrogens (tertiary/aromatic N) is 3. The highest BCUT2D eigenvalue weighted by Gasteiger charge is 2.25. The maximum atomic E-state index is 12.2. The number of amides is 1. The minimum absolute atomic E-state index is 0.0123. The van der Waals surface area contributed by atoms with E-state index in [1.54, 1.807) is 12.1 Å². The number of ether oxygens (including phenoxy) is 1. The predicted octanol–water partition coefficient (Wildman–Crippen LogP) is 2.35. The van der Waals surface area contributed by atoms with Gasteiger partial charge >= 0.3 is 0 Å². The Morgan fingerprint density at radius 2 is 2.15 bits per heavy atom. The van der Waals surface area contributed by atoms with Crippen molar-refractivity contribution in [2.45, 2.75) is 6.42 Å². The Hall–Kier alpha value is -3.16. The molecule has 0 saturated carbocycles. The van der Waals surface area contributed by atoms with Gasteiger partial charge in [0.05, 0.1) is 11.8 Å². The fraction of sp³-hybridized carbons (Fsp3) is 0.278. The van der Waals surface area contributed by atoms with Gasteiger partial charge in [0.2, 0.25) is 0 Å². The Kier molecular flexibility index (Phi) is 4.16. The van der Waals surface area contributed by atoms with Crippen molar-refractivity contribution >= 4 is 28.6 Å². The summed E-state index contributed by atoms with van der Waals surface area (Å²) in [6.07, 6.45) is 2.32. The second-order valence-corrected chi connectivity index (χ2v) is 6.00. The summed E-state index contributed by atoms with van der Waals surface area (Å²) < 4.78 is 19.3. The van der Waals surface area contributed by atoms with E-state index in [0.717, 1.165) is 23.1 Å². The van der Waals surface area contributed by atoms with Gasteiger partial charge < -0.3 is 19.9 Å². The third-order valence-corrected chi connectivity index (χ3v) is 4.37. The molecule has 1 amide bonds. The van der Waals surface area contributed by atoms with E-state index in [0.29, 0.717) is 29.5 Å². The van der Waals surface area contributed by atoms with Crippen molar-refractivity contribution in [3.8, 4) is 5.75 Å². The Morgan fingerprint density at radius 1 is 1.31 bits per heavy atom. The van der Waals surface area contributed by atoms with E-state index in [9.17, 15) is 9.18 Å². The first-order valence-electron chi connectivity index (χ1n) is 8.35. The Morgan fingerprint density at radius 3 is 2.92 bits per heavy atom. The van der Waals surface area contributed by atoms with Crippen LogP contribution < -0.4 is 15.4 Å². The first kappa shape index (κ1) is 16.3. The molecule has 0 radical (unpaired) electrons. The second-order valence-electron chi connectivity index (χ2n) is 6.00. The lowest BCUT2D eigenvalue weighted by Gasteiger charge is -2.13. The summed E-state index contributed by atoms with van der Waals surface area (Å²) in [5.41, 5.74) is 2.46. The van der Waals surface area contributed by atoms with Gasteiger partial charge in [-0.1, -0.05) is 0 Å². The molecule has 7 nitrogen and oxygen atoms in total. The first-order chi connectivity index (χ1) is 12.7. The molecule has 0 aromatic carbocycles. The van der Waals surface area contributed by atoms with E-state index in [1.807, 2.05) is 23.7 Å². The monoisotopic (exact) mass is 355 g/mol. The van der Waals surface area contributed by atoms with Crippen LogP contribution in [0.1, 0.15) is 16.1 Å². The molecule has 0 saturated heterocycles. The molecule has 1 aliphatic heterocycles. The average molecular weight is 355 g/mol. The SMILES string of the molecule is Cn1c2c(c3ccc(Nc4ccc(OCCF)cn4)nc31)C(=O)NCC2. The van der Waals surface area contributed by atoms with E-state index in [1.165, 1.54) is 6.20 Å². The van der Waals surface area contributed by atoms with Gasteiger partial charge in [-0.25, -0.2) is 14.4 Å². The topological polar surface area (TPSA) is 81.1 Å². The molecule has 2 N–H and O–H groups in total. The van der Waals surface area contributed by atoms with Gasteiger partial charge in [-0.2, -0.15) is 0 Å². The zero-order valence-corrected chi connectivity index (χ0v) is 14.3. The summed E-state index contributed by atoms with van der Waals surface area (Å²) in [5.74, 6) is 1.68. The molecule has 4 heterocycles. The molecule has 0 bridgehead atoms. The maximum absolute atomic E-state index is 12.2. The molecule has 0 spiro atoms. The van der Waals surface area contributed by atoms with Crippen LogP contribution in [-0.2, 0) is 13.5 Å². The van der Waals surface area contributed by atoms with Gasteiger partial charge in [-0.15, -0.1) is 0 Å². The molecule has 4 rings (SSSR count). The van der Waals surface area contributed by atoms with Crippen LogP contribution in [0.4, 0.5) is 16.0 Å². The van der Waals surface area contributed by atoms with E-state index >= 15 is 0 Å². The number of anilines is 2. The van der Waals surface area contributed by atoms with Gasteiger partial charge in [-0.3, -0.25) is 4.79 Å². The lowest BCUT2D eigenvalue weighted by molar-refractivity contribution is 0.0947. The number of pyridine rings is 2. The van der Waals surface area contributed by atoms with Crippen molar-refractivity contribution in [3.05, 3.63) is 41.7 Å². The van der Waals surface area contributed by atoms with Crippen LogP contribution >= 0.6 is 0 Å². The number of nitrogens with one attached hydrogen (secondary N) is 2. The standard InChI is InChI=1S/C18H18FN5O2/c1-24-13-6-8-20-18(25)16(13)12-3-5-15(23-17(12)24)22-14-4-2-11(10-21-14)26-9-7-19/h2-5,10H,6-9H2,1H3,(H,20,25)(H,21,22,23). The van der Waals surface area contributed by atoms with Crippen LogP contribution in [0, 0.1) is 0 Å². The summed E-state index contributed by atoms with van der Waals surface area (Å²) in [7, 11) is 1.92. The van der Waals surface area contributed by atoms with Crippen molar-refractivity contribution in [1.82, 2.24) is 19.9 Å². The summed E-state index contributed by atoms with van der Waals surface area (Å²) >= 11 is 0. The van der Waals surface area contributed by atoms with Gasteiger partial charge in [-0.05, 0) is 24.3 Å². The Balaban J connectivity index is 1.62. The van der Waals surface area contributed by atoms with Gasteiger partial charge in [0.25, 0.3) is 5.91 Å². The second kappa shape index (κ2) is 6.62. The highest BCUT2D eigenvalue weighted by molar-refractivity contribution is 6.08. The fourth-order valence-electron chi connectivity index (χ4n) is 3.18. The molecule has 26 heavy (non-hydrogen) atoms. The van der Waals surface area contributed by atoms with Crippen LogP contribution in [0.5, 0.6) is 5.75 Å². The number of rotatable bonds is 5. The minimum atomic E-state index is -0.539. The third-order valence-electron chi connectivity index (χ3n) is 4.37. The molecule has 0 fully saturated rings. The Bertz CT molecular complexity index is 968. The number of aromatic nitrogens is 3. The average Bonchev–Trinajstić information content (AvgIpc) is 2.95. The summed E-state index contributed by atoms with van der Waals surface area (Å²) in [6.45, 7) is 0.114. The zero-order valence-electron chi connectivity index (χ0n) is 14.3.